The summed E-state index contributed by atoms with van der Waals surface area (Å²) in [7, 11) is 0. The molecule has 27 heavy (non-hydrogen) atoms. The number of aliphatic hydroxyl groups is 1. The van der Waals surface area contributed by atoms with Gasteiger partial charge in [0.15, 0.2) is 5.72 Å². The molecule has 1 aromatic heterocycles. The number of nitrogens with one attached hydrogen (secondary N) is 2. The van der Waals surface area contributed by atoms with Crippen molar-refractivity contribution in [1.29, 1.82) is 0 Å². The van der Waals surface area contributed by atoms with Gasteiger partial charge in [-0.25, -0.2) is 0 Å². The number of hydrogen-bond donors (Lipinski definition) is 4. The molecule has 140 valence electrons. The van der Waals surface area contributed by atoms with Gasteiger partial charge in [0.1, 0.15) is 5.69 Å². The number of benzene rings is 2. The molecule has 1 amide bonds. The van der Waals surface area contributed by atoms with Gasteiger partial charge >= 0.3 is 5.97 Å². The lowest BCUT2D eigenvalue weighted by atomic mass is 9.97. The maximum atomic E-state index is 12.7. The van der Waals surface area contributed by atoms with Crippen LogP contribution in [0.15, 0.2) is 48.5 Å². The second kappa shape index (κ2) is 7.60. The lowest BCUT2D eigenvalue weighted by molar-refractivity contribution is -0.139. The summed E-state index contributed by atoms with van der Waals surface area (Å²) in [5.74, 6) is -1.66. The van der Waals surface area contributed by atoms with Crippen molar-refractivity contribution in [3.8, 4) is 0 Å². The molecule has 0 radical (unpaired) electrons. The van der Waals surface area contributed by atoms with E-state index in [1.807, 2.05) is 0 Å². The summed E-state index contributed by atoms with van der Waals surface area (Å²) in [6.07, 6.45) is -0.500. The van der Waals surface area contributed by atoms with Gasteiger partial charge < -0.3 is 20.5 Å². The molecule has 4 N–H and O–H groups in total. The molecule has 0 spiro atoms. The minimum Gasteiger partial charge on any atom is -0.481 e. The Morgan fingerprint density at radius 3 is 2.41 bits per heavy atom. The van der Waals surface area contributed by atoms with Crippen molar-refractivity contribution in [2.45, 2.75) is 18.6 Å². The van der Waals surface area contributed by atoms with Gasteiger partial charge in [-0.15, -0.1) is 0 Å². The number of fused-ring (bicyclic) bond motifs is 1. The number of aromatic amines is 1. The Kier molecular flexibility index (Phi) is 5.41. The second-order valence-electron chi connectivity index (χ2n) is 6.11. The van der Waals surface area contributed by atoms with Crippen LogP contribution in [0.2, 0.25) is 10.0 Å². The Hall–Kier alpha value is -2.54. The van der Waals surface area contributed by atoms with E-state index in [4.69, 9.17) is 28.3 Å². The Morgan fingerprint density at radius 1 is 1.07 bits per heavy atom. The van der Waals surface area contributed by atoms with Crippen LogP contribution in [0, 0.1) is 0 Å². The summed E-state index contributed by atoms with van der Waals surface area (Å²) in [5.41, 5.74) is -0.637. The van der Waals surface area contributed by atoms with E-state index in [1.165, 1.54) is 0 Å². The molecule has 0 aliphatic carbocycles. The summed E-state index contributed by atoms with van der Waals surface area (Å²) in [5, 5.41) is 23.9. The standard InChI is InChI=1S/C19H16Cl2N2O4/c20-13-8-11-9-16(22-15(11)10-14(13)21)18(26)23-19(27,7-6-17(24)25)12-4-2-1-3-5-12/h1-5,8-10,22,27H,6-7H2,(H,23,26)(H,24,25). The number of amides is 1. The van der Waals surface area contributed by atoms with Crippen LogP contribution >= 0.6 is 23.2 Å². The summed E-state index contributed by atoms with van der Waals surface area (Å²) >= 11 is 12.0. The zero-order valence-electron chi connectivity index (χ0n) is 14.0. The molecule has 1 unspecified atom stereocenters. The highest BCUT2D eigenvalue weighted by Gasteiger charge is 2.32. The van der Waals surface area contributed by atoms with E-state index < -0.39 is 17.6 Å². The molecule has 0 aliphatic rings. The van der Waals surface area contributed by atoms with Crippen molar-refractivity contribution in [3.63, 3.8) is 0 Å². The highest BCUT2D eigenvalue weighted by Crippen LogP contribution is 2.29. The Balaban J connectivity index is 1.91. The number of carboxylic acid groups (broad SMARTS) is 1. The van der Waals surface area contributed by atoms with Crippen LogP contribution in [-0.2, 0) is 10.5 Å². The predicted octanol–water partition coefficient (Wildman–Crippen LogP) is 3.91. The first-order chi connectivity index (χ1) is 12.8. The maximum absolute atomic E-state index is 12.7. The number of carbonyl (C=O) groups is 2. The maximum Gasteiger partial charge on any atom is 0.303 e. The number of carboxylic acids is 1. The van der Waals surface area contributed by atoms with Gasteiger partial charge in [-0.1, -0.05) is 53.5 Å². The topological polar surface area (TPSA) is 102 Å². The SMILES string of the molecule is O=C(O)CCC(O)(NC(=O)c1cc2cc(Cl)c(Cl)cc2[nH]1)c1ccccc1. The number of hydrogen-bond acceptors (Lipinski definition) is 3. The van der Waals surface area contributed by atoms with Gasteiger partial charge in [-0.05, 0) is 18.2 Å². The molecule has 0 fully saturated rings. The van der Waals surface area contributed by atoms with Gasteiger partial charge in [-0.3, -0.25) is 9.59 Å². The number of rotatable bonds is 6. The second-order valence-corrected chi connectivity index (χ2v) is 6.93. The summed E-state index contributed by atoms with van der Waals surface area (Å²) < 4.78 is 0. The van der Waals surface area contributed by atoms with Gasteiger partial charge in [0.25, 0.3) is 5.91 Å². The van der Waals surface area contributed by atoms with Crippen molar-refractivity contribution in [2.24, 2.45) is 0 Å². The van der Waals surface area contributed by atoms with Gasteiger partial charge in [-0.2, -0.15) is 0 Å². The van der Waals surface area contributed by atoms with E-state index in [-0.39, 0.29) is 18.5 Å². The van der Waals surface area contributed by atoms with Crippen molar-refractivity contribution >= 4 is 46.0 Å². The molecule has 2 aromatic carbocycles. The van der Waals surface area contributed by atoms with E-state index in [2.05, 4.69) is 10.3 Å². The lowest BCUT2D eigenvalue weighted by Gasteiger charge is -2.29. The van der Waals surface area contributed by atoms with Crippen LogP contribution in [0.25, 0.3) is 10.9 Å². The average molecular weight is 407 g/mol. The first kappa shape index (κ1) is 19.2. The molecule has 1 atom stereocenters. The quantitative estimate of drug-likeness (QED) is 0.465. The third kappa shape index (κ3) is 4.24. The molecule has 0 saturated carbocycles. The fraction of sp³-hybridized carbons (Fsp3) is 0.158. The van der Waals surface area contributed by atoms with Gasteiger partial charge in [0.2, 0.25) is 0 Å². The highest BCUT2D eigenvalue weighted by molar-refractivity contribution is 6.42. The molecular weight excluding hydrogens is 391 g/mol. The largest absolute Gasteiger partial charge is 0.481 e. The van der Waals surface area contributed by atoms with Crippen LogP contribution < -0.4 is 5.32 Å². The predicted molar refractivity (Wildman–Crippen MR) is 103 cm³/mol. The fourth-order valence-electron chi connectivity index (χ4n) is 2.78. The smallest absolute Gasteiger partial charge is 0.303 e. The van der Waals surface area contributed by atoms with Crippen LogP contribution in [0.3, 0.4) is 0 Å². The lowest BCUT2D eigenvalue weighted by Crippen LogP contribution is -2.46. The minimum absolute atomic E-state index is 0.185. The highest BCUT2D eigenvalue weighted by atomic mass is 35.5. The zero-order chi connectivity index (χ0) is 19.6. The first-order valence-corrected chi connectivity index (χ1v) is 8.84. The third-order valence-corrected chi connectivity index (χ3v) is 4.90. The Morgan fingerprint density at radius 2 is 1.74 bits per heavy atom. The van der Waals surface area contributed by atoms with E-state index in [0.29, 0.717) is 26.5 Å². The van der Waals surface area contributed by atoms with E-state index in [1.54, 1.807) is 48.5 Å². The van der Waals surface area contributed by atoms with Crippen molar-refractivity contribution in [2.75, 3.05) is 0 Å². The Bertz CT molecular complexity index is 965. The summed E-state index contributed by atoms with van der Waals surface area (Å²) in [6.45, 7) is 0. The number of aliphatic carboxylic acids is 1. The number of halogens is 2. The van der Waals surface area contributed by atoms with E-state index in [0.717, 1.165) is 0 Å². The molecule has 3 aromatic rings. The Labute approximate surface area is 164 Å². The number of carbonyl (C=O) groups excluding carboxylic acids is 1. The zero-order valence-corrected chi connectivity index (χ0v) is 15.5. The van der Waals surface area contributed by atoms with Crippen LogP contribution in [0.1, 0.15) is 28.9 Å². The minimum atomic E-state index is -1.83. The first-order valence-electron chi connectivity index (χ1n) is 8.08. The average Bonchev–Trinajstić information content (AvgIpc) is 3.04. The van der Waals surface area contributed by atoms with Crippen LogP contribution in [0.4, 0.5) is 0 Å². The monoisotopic (exact) mass is 406 g/mol. The van der Waals surface area contributed by atoms with Crippen LogP contribution in [-0.4, -0.2) is 27.1 Å². The molecular formula is C19H16Cl2N2O4. The molecule has 0 saturated heterocycles. The molecule has 1 heterocycles. The number of aromatic nitrogens is 1. The molecule has 3 rings (SSSR count). The number of H-pyrrole nitrogens is 1. The van der Waals surface area contributed by atoms with Crippen molar-refractivity contribution < 1.29 is 19.8 Å². The van der Waals surface area contributed by atoms with Crippen molar-refractivity contribution in [1.82, 2.24) is 10.3 Å². The van der Waals surface area contributed by atoms with Crippen LogP contribution in [0.5, 0.6) is 0 Å². The fourth-order valence-corrected chi connectivity index (χ4v) is 3.12. The third-order valence-electron chi connectivity index (χ3n) is 4.18. The molecule has 8 heteroatoms. The van der Waals surface area contributed by atoms with E-state index in [9.17, 15) is 14.7 Å². The normalized spacial score (nSPS) is 13.3. The van der Waals surface area contributed by atoms with E-state index >= 15 is 0 Å². The van der Waals surface area contributed by atoms with Gasteiger partial charge in [0.05, 0.1) is 16.5 Å². The summed E-state index contributed by atoms with van der Waals surface area (Å²) in [4.78, 5) is 26.6. The van der Waals surface area contributed by atoms with Crippen molar-refractivity contribution in [3.05, 3.63) is 69.8 Å². The molecule has 0 aliphatic heterocycles. The molecule has 6 nitrogen and oxygen atoms in total. The summed E-state index contributed by atoms with van der Waals surface area (Å²) in [6, 6.07) is 13.2. The molecule has 0 bridgehead atoms. The van der Waals surface area contributed by atoms with Gasteiger partial charge in [0, 0.05) is 22.9 Å².